The van der Waals surface area contributed by atoms with Crippen molar-refractivity contribution < 1.29 is 4.79 Å². The van der Waals surface area contributed by atoms with Crippen LogP contribution in [-0.2, 0) is 4.79 Å². The number of hydrogen-bond acceptors (Lipinski definition) is 4. The predicted octanol–water partition coefficient (Wildman–Crippen LogP) is 2.80. The third kappa shape index (κ3) is 4.50. The van der Waals surface area contributed by atoms with Gasteiger partial charge in [-0.25, -0.2) is 0 Å². The van der Waals surface area contributed by atoms with E-state index >= 15 is 0 Å². The van der Waals surface area contributed by atoms with Gasteiger partial charge in [0.1, 0.15) is 0 Å². The van der Waals surface area contributed by atoms with E-state index in [1.165, 1.54) is 5.56 Å². The molecule has 1 amide bonds. The number of halogens is 1. The second-order valence-corrected chi connectivity index (χ2v) is 6.83. The van der Waals surface area contributed by atoms with E-state index in [2.05, 4.69) is 17.1 Å². The summed E-state index contributed by atoms with van der Waals surface area (Å²) in [7, 11) is 0. The number of nitrogens with zero attached hydrogens (tertiary/aromatic N) is 2. The second-order valence-electron chi connectivity index (χ2n) is 5.78. The van der Waals surface area contributed by atoms with E-state index in [9.17, 15) is 4.79 Å². The topological polar surface area (TPSA) is 59.2 Å². The first kappa shape index (κ1) is 18.8. The van der Waals surface area contributed by atoms with Gasteiger partial charge in [0.15, 0.2) is 0 Å². The lowest BCUT2D eigenvalue weighted by atomic mass is 9.89. The number of likely N-dealkylation sites (tertiary alicyclic amines) is 1. The zero-order chi connectivity index (χ0) is 16.1. The van der Waals surface area contributed by atoms with Crippen LogP contribution in [0, 0.1) is 5.92 Å². The molecule has 0 saturated carbocycles. The number of rotatable bonds is 5. The summed E-state index contributed by atoms with van der Waals surface area (Å²) in [6.45, 7) is 2.13. The van der Waals surface area contributed by atoms with Gasteiger partial charge >= 0.3 is 0 Å². The molecule has 0 bridgehead atoms. The monoisotopic (exact) mass is 363 g/mol. The zero-order valence-electron chi connectivity index (χ0n) is 13.4. The number of carbonyl (C=O) groups is 1. The predicted molar refractivity (Wildman–Crippen MR) is 101 cm³/mol. The Balaban J connectivity index is 0.00000208. The number of hydrogen-bond donors (Lipinski definition) is 1. The molecule has 1 saturated heterocycles. The summed E-state index contributed by atoms with van der Waals surface area (Å²) in [6, 6.07) is 14.2. The molecule has 2 atom stereocenters. The summed E-state index contributed by atoms with van der Waals surface area (Å²) in [5, 5.41) is 0. The summed E-state index contributed by atoms with van der Waals surface area (Å²) < 4.78 is 0. The van der Waals surface area contributed by atoms with Crippen LogP contribution in [0.2, 0.25) is 0 Å². The lowest BCUT2D eigenvalue weighted by Crippen LogP contribution is -2.31. The largest absolute Gasteiger partial charge is 0.341 e. The average Bonchev–Trinajstić information content (AvgIpc) is 3.06. The molecule has 2 N–H and O–H groups in total. The van der Waals surface area contributed by atoms with E-state index in [0.717, 1.165) is 18.0 Å². The van der Waals surface area contributed by atoms with Gasteiger partial charge in [0.2, 0.25) is 5.91 Å². The first-order chi connectivity index (χ1) is 11.3. The lowest BCUT2D eigenvalue weighted by molar-refractivity contribution is -0.127. The minimum Gasteiger partial charge on any atom is -0.341 e. The number of pyridine rings is 1. The molecule has 128 valence electrons. The van der Waals surface area contributed by atoms with Crippen LogP contribution in [0.4, 0.5) is 0 Å². The van der Waals surface area contributed by atoms with Crippen molar-refractivity contribution in [2.45, 2.75) is 10.8 Å². The zero-order valence-corrected chi connectivity index (χ0v) is 15.0. The molecule has 6 heteroatoms. The Morgan fingerprint density at radius 1 is 1.17 bits per heavy atom. The highest BCUT2D eigenvalue weighted by atomic mass is 35.5. The van der Waals surface area contributed by atoms with Gasteiger partial charge in [-0.3, -0.25) is 9.78 Å². The smallest absolute Gasteiger partial charge is 0.232 e. The van der Waals surface area contributed by atoms with Gasteiger partial charge in [-0.1, -0.05) is 30.3 Å². The third-order valence-corrected chi connectivity index (χ3v) is 5.33. The van der Waals surface area contributed by atoms with Gasteiger partial charge < -0.3 is 10.6 Å². The van der Waals surface area contributed by atoms with Crippen molar-refractivity contribution >= 4 is 30.1 Å². The molecule has 1 aliphatic rings. The second kappa shape index (κ2) is 9.06. The lowest BCUT2D eigenvalue weighted by Gasteiger charge is -2.16. The maximum Gasteiger partial charge on any atom is 0.232 e. The van der Waals surface area contributed by atoms with Crippen molar-refractivity contribution in [3.05, 3.63) is 60.4 Å². The van der Waals surface area contributed by atoms with E-state index < -0.39 is 0 Å². The van der Waals surface area contributed by atoms with Crippen LogP contribution < -0.4 is 5.73 Å². The van der Waals surface area contributed by atoms with Crippen LogP contribution in [0.25, 0.3) is 0 Å². The van der Waals surface area contributed by atoms with E-state index in [4.69, 9.17) is 5.73 Å². The molecular formula is C18H22ClN3OS. The molecule has 1 aliphatic heterocycles. The van der Waals surface area contributed by atoms with Gasteiger partial charge in [-0.05, 0) is 30.2 Å². The Hall–Kier alpha value is -1.56. The van der Waals surface area contributed by atoms with Crippen molar-refractivity contribution in [2.24, 2.45) is 11.7 Å². The number of thioether (sulfide) groups is 1. The summed E-state index contributed by atoms with van der Waals surface area (Å²) in [5.41, 5.74) is 7.22. The first-order valence-electron chi connectivity index (χ1n) is 7.83. The highest BCUT2D eigenvalue weighted by Gasteiger charge is 2.34. The molecule has 0 radical (unpaired) electrons. The highest BCUT2D eigenvalue weighted by molar-refractivity contribution is 8.00. The number of carbonyl (C=O) groups excluding carboxylic acids is 1. The van der Waals surface area contributed by atoms with Gasteiger partial charge in [0.05, 0.1) is 5.75 Å². The Morgan fingerprint density at radius 3 is 2.54 bits per heavy atom. The first-order valence-corrected chi connectivity index (χ1v) is 8.82. The van der Waals surface area contributed by atoms with Crippen LogP contribution in [0.15, 0.2) is 59.8 Å². The highest BCUT2D eigenvalue weighted by Crippen LogP contribution is 2.32. The molecule has 3 rings (SSSR count). The Bertz CT molecular complexity index is 641. The minimum absolute atomic E-state index is 0. The molecule has 0 spiro atoms. The Labute approximate surface area is 153 Å². The van der Waals surface area contributed by atoms with Crippen molar-refractivity contribution in [3.8, 4) is 0 Å². The molecule has 1 fully saturated rings. The normalized spacial score (nSPS) is 19.8. The maximum absolute atomic E-state index is 12.5. The molecule has 2 aromatic rings. The van der Waals surface area contributed by atoms with E-state index in [-0.39, 0.29) is 18.3 Å². The summed E-state index contributed by atoms with van der Waals surface area (Å²) >= 11 is 1.56. The van der Waals surface area contributed by atoms with Crippen molar-refractivity contribution in [2.75, 3.05) is 25.4 Å². The molecular weight excluding hydrogens is 342 g/mol. The molecule has 1 aromatic heterocycles. The van der Waals surface area contributed by atoms with Crippen molar-refractivity contribution in [1.29, 1.82) is 0 Å². The molecule has 2 heterocycles. The van der Waals surface area contributed by atoms with Crippen molar-refractivity contribution in [1.82, 2.24) is 9.88 Å². The Kier molecular flexibility index (Phi) is 7.09. The van der Waals surface area contributed by atoms with Crippen LogP contribution >= 0.6 is 24.2 Å². The number of nitrogens with two attached hydrogens (primary N) is 1. The quantitative estimate of drug-likeness (QED) is 0.830. The SMILES string of the molecule is Cl.NC[C@@H]1CN(C(=O)CSc2ccncc2)C[C@H]1c1ccccc1. The van der Waals surface area contributed by atoms with Crippen LogP contribution in [0.5, 0.6) is 0 Å². The molecule has 24 heavy (non-hydrogen) atoms. The summed E-state index contributed by atoms with van der Waals surface area (Å²) in [4.78, 5) is 19.5. The van der Waals surface area contributed by atoms with Gasteiger partial charge in [-0.15, -0.1) is 24.2 Å². The third-order valence-electron chi connectivity index (χ3n) is 4.34. The number of benzene rings is 1. The molecule has 0 unspecified atom stereocenters. The molecule has 4 nitrogen and oxygen atoms in total. The van der Waals surface area contributed by atoms with E-state index in [1.54, 1.807) is 24.2 Å². The molecule has 0 aliphatic carbocycles. The van der Waals surface area contributed by atoms with Crippen LogP contribution in [-0.4, -0.2) is 41.2 Å². The van der Waals surface area contributed by atoms with Gasteiger partial charge in [-0.2, -0.15) is 0 Å². The van der Waals surface area contributed by atoms with E-state index in [0.29, 0.717) is 24.1 Å². The van der Waals surface area contributed by atoms with E-state index in [1.807, 2.05) is 35.2 Å². The van der Waals surface area contributed by atoms with Gasteiger partial charge in [0, 0.05) is 36.3 Å². The number of amides is 1. The minimum atomic E-state index is 0. The number of aromatic nitrogens is 1. The fourth-order valence-electron chi connectivity index (χ4n) is 3.06. The van der Waals surface area contributed by atoms with Crippen LogP contribution in [0.1, 0.15) is 11.5 Å². The summed E-state index contributed by atoms with van der Waals surface area (Å²) in [5.74, 6) is 1.33. The fraction of sp³-hybridized carbons (Fsp3) is 0.333. The van der Waals surface area contributed by atoms with Gasteiger partial charge in [0.25, 0.3) is 0 Å². The maximum atomic E-state index is 12.5. The summed E-state index contributed by atoms with van der Waals surface area (Å²) in [6.07, 6.45) is 3.50. The Morgan fingerprint density at radius 2 is 1.88 bits per heavy atom. The molecule has 1 aromatic carbocycles. The van der Waals surface area contributed by atoms with Crippen LogP contribution in [0.3, 0.4) is 0 Å². The van der Waals surface area contributed by atoms with Crippen molar-refractivity contribution in [3.63, 3.8) is 0 Å². The fourth-order valence-corrected chi connectivity index (χ4v) is 3.85. The standard InChI is InChI=1S/C18H21N3OS.ClH/c19-10-15-11-21(12-17(15)14-4-2-1-3-5-14)18(22)13-23-16-6-8-20-9-7-16;/h1-9,15,17H,10-13,19H2;1H/t15-,17+;/m1./s1. The average molecular weight is 364 g/mol.